The molecule has 0 radical (unpaired) electrons. The second-order valence-electron chi connectivity index (χ2n) is 7.02. The van der Waals surface area contributed by atoms with E-state index in [-0.39, 0.29) is 29.2 Å². The monoisotopic (exact) mass is 302 g/mol. The lowest BCUT2D eigenvalue weighted by Crippen LogP contribution is -2.46. The van der Waals surface area contributed by atoms with Crippen LogP contribution in [0, 0.1) is 10.8 Å². The van der Waals surface area contributed by atoms with E-state index in [1.165, 1.54) is 0 Å². The minimum Gasteiger partial charge on any atom is -0.497 e. The van der Waals surface area contributed by atoms with Crippen LogP contribution in [0.4, 0.5) is 0 Å². The molecule has 4 nitrogen and oxygen atoms in total. The van der Waals surface area contributed by atoms with Crippen molar-refractivity contribution in [2.24, 2.45) is 10.8 Å². The summed E-state index contributed by atoms with van der Waals surface area (Å²) in [6, 6.07) is 6.71. The number of ether oxygens (including phenoxy) is 1. The van der Waals surface area contributed by atoms with E-state index in [0.717, 1.165) is 0 Å². The van der Waals surface area contributed by atoms with E-state index in [1.807, 2.05) is 13.8 Å². The zero-order chi connectivity index (χ0) is 16.5. The highest BCUT2D eigenvalue weighted by atomic mass is 16.5. The van der Waals surface area contributed by atoms with E-state index in [1.54, 1.807) is 38.3 Å². The molecule has 1 fully saturated rings. The van der Waals surface area contributed by atoms with Gasteiger partial charge in [0, 0.05) is 24.8 Å². The fourth-order valence-corrected chi connectivity index (χ4v) is 2.87. The molecule has 0 atom stereocenters. The van der Waals surface area contributed by atoms with Gasteiger partial charge in [-0.2, -0.15) is 0 Å². The van der Waals surface area contributed by atoms with Crippen LogP contribution in [-0.2, 0) is 9.59 Å². The number of hydrogen-bond donors (Lipinski definition) is 0. The van der Waals surface area contributed by atoms with E-state index in [4.69, 9.17) is 4.74 Å². The maximum Gasteiger partial charge on any atom is 0.164 e. The first-order valence-electron chi connectivity index (χ1n) is 7.42. The lowest BCUT2D eigenvalue weighted by molar-refractivity contribution is -0.146. The van der Waals surface area contributed by atoms with Crippen molar-refractivity contribution in [3.63, 3.8) is 0 Å². The van der Waals surface area contributed by atoms with Gasteiger partial charge < -0.3 is 4.74 Å². The summed E-state index contributed by atoms with van der Waals surface area (Å²) in [5.74, 6) is 0.215. The molecule has 22 heavy (non-hydrogen) atoms. The summed E-state index contributed by atoms with van der Waals surface area (Å²) in [4.78, 5) is 37.3. The normalized spacial score (nSPS) is 19.8. The topological polar surface area (TPSA) is 60.4 Å². The van der Waals surface area contributed by atoms with Crippen molar-refractivity contribution in [2.75, 3.05) is 7.11 Å². The fourth-order valence-electron chi connectivity index (χ4n) is 2.87. The molecule has 1 aliphatic rings. The highest BCUT2D eigenvalue weighted by Gasteiger charge is 2.49. The predicted molar refractivity (Wildman–Crippen MR) is 83.1 cm³/mol. The summed E-state index contributed by atoms with van der Waals surface area (Å²) in [5, 5.41) is 0. The van der Waals surface area contributed by atoms with Crippen LogP contribution in [0.15, 0.2) is 24.3 Å². The Kier molecular flexibility index (Phi) is 4.23. The van der Waals surface area contributed by atoms with Crippen LogP contribution in [0.2, 0.25) is 0 Å². The van der Waals surface area contributed by atoms with Crippen molar-refractivity contribution in [2.45, 2.75) is 40.0 Å². The van der Waals surface area contributed by atoms with E-state index in [2.05, 4.69) is 0 Å². The fraction of sp³-hybridized carbons (Fsp3) is 0.500. The van der Waals surface area contributed by atoms with Crippen LogP contribution >= 0.6 is 0 Å². The highest BCUT2D eigenvalue weighted by Crippen LogP contribution is 2.42. The molecule has 0 spiro atoms. The lowest BCUT2D eigenvalue weighted by Gasteiger charge is -2.38. The Morgan fingerprint density at radius 1 is 1.05 bits per heavy atom. The van der Waals surface area contributed by atoms with Gasteiger partial charge in [-0.1, -0.05) is 13.8 Å². The first-order valence-corrected chi connectivity index (χ1v) is 7.42. The van der Waals surface area contributed by atoms with Crippen LogP contribution in [0.3, 0.4) is 0 Å². The third-order valence-electron chi connectivity index (χ3n) is 4.44. The maximum atomic E-state index is 12.4. The van der Waals surface area contributed by atoms with Gasteiger partial charge in [-0.05, 0) is 36.6 Å². The zero-order valence-electron chi connectivity index (χ0n) is 13.6. The number of carbonyl (C=O) groups is 3. The quantitative estimate of drug-likeness (QED) is 0.633. The smallest absolute Gasteiger partial charge is 0.164 e. The maximum absolute atomic E-state index is 12.4. The SMILES string of the molecule is COc1ccc(C(=O)CC2(C)C(=O)CC(C)(C)CC2=O)cc1. The van der Waals surface area contributed by atoms with Gasteiger partial charge in [0.05, 0.1) is 12.5 Å². The van der Waals surface area contributed by atoms with Crippen LogP contribution in [0.5, 0.6) is 5.75 Å². The molecule has 2 rings (SSSR count). The van der Waals surface area contributed by atoms with Gasteiger partial charge in [0.2, 0.25) is 0 Å². The molecule has 1 aliphatic carbocycles. The molecule has 0 saturated heterocycles. The lowest BCUT2D eigenvalue weighted by atomic mass is 9.62. The first-order chi connectivity index (χ1) is 10.2. The number of benzene rings is 1. The van der Waals surface area contributed by atoms with Gasteiger partial charge >= 0.3 is 0 Å². The molecule has 0 N–H and O–H groups in total. The minimum absolute atomic E-state index is 0.0624. The highest BCUT2D eigenvalue weighted by molar-refractivity contribution is 6.13. The molecule has 0 aliphatic heterocycles. The van der Waals surface area contributed by atoms with Crippen molar-refractivity contribution in [1.82, 2.24) is 0 Å². The number of methoxy groups -OCH3 is 1. The summed E-state index contributed by atoms with van der Waals surface area (Å²) < 4.78 is 5.06. The van der Waals surface area contributed by atoms with Gasteiger partial charge in [-0.25, -0.2) is 0 Å². The van der Waals surface area contributed by atoms with Crippen molar-refractivity contribution >= 4 is 17.3 Å². The second-order valence-corrected chi connectivity index (χ2v) is 7.02. The summed E-state index contributed by atoms with van der Waals surface area (Å²) in [6.45, 7) is 5.43. The van der Waals surface area contributed by atoms with Gasteiger partial charge in [0.25, 0.3) is 0 Å². The van der Waals surface area contributed by atoms with Crippen molar-refractivity contribution in [1.29, 1.82) is 0 Å². The van der Waals surface area contributed by atoms with Gasteiger partial charge in [0.15, 0.2) is 5.78 Å². The van der Waals surface area contributed by atoms with E-state index in [9.17, 15) is 14.4 Å². The van der Waals surface area contributed by atoms with E-state index in [0.29, 0.717) is 24.2 Å². The Morgan fingerprint density at radius 2 is 1.55 bits per heavy atom. The average Bonchev–Trinajstić information content (AvgIpc) is 2.44. The third-order valence-corrected chi connectivity index (χ3v) is 4.44. The molecule has 118 valence electrons. The van der Waals surface area contributed by atoms with Crippen LogP contribution in [0.1, 0.15) is 50.4 Å². The number of hydrogen-bond acceptors (Lipinski definition) is 4. The molecule has 0 aromatic heterocycles. The Hall–Kier alpha value is -1.97. The Balaban J connectivity index is 2.19. The molecule has 1 aromatic rings. The standard InChI is InChI=1S/C18H22O4/c1-17(2)10-15(20)18(3,16(21)11-17)9-14(19)12-5-7-13(22-4)8-6-12/h5-8H,9-11H2,1-4H3. The Morgan fingerprint density at radius 3 is 2.00 bits per heavy atom. The van der Waals surface area contributed by atoms with E-state index >= 15 is 0 Å². The number of ketones is 3. The third kappa shape index (κ3) is 3.11. The van der Waals surface area contributed by atoms with Crippen LogP contribution in [-0.4, -0.2) is 24.5 Å². The number of carbonyl (C=O) groups excluding carboxylic acids is 3. The average molecular weight is 302 g/mol. The minimum atomic E-state index is -1.19. The van der Waals surface area contributed by atoms with Gasteiger partial charge in [0.1, 0.15) is 17.3 Å². The molecule has 0 unspecified atom stereocenters. The van der Waals surface area contributed by atoms with E-state index < -0.39 is 5.41 Å². The Labute approximate surface area is 130 Å². The van der Waals surface area contributed by atoms with Crippen molar-refractivity contribution in [3.05, 3.63) is 29.8 Å². The van der Waals surface area contributed by atoms with Crippen LogP contribution < -0.4 is 4.74 Å². The second kappa shape index (κ2) is 5.67. The van der Waals surface area contributed by atoms with Gasteiger partial charge in [-0.15, -0.1) is 0 Å². The molecular weight excluding hydrogens is 280 g/mol. The molecule has 0 heterocycles. The number of Topliss-reactive ketones (excluding diaryl/α,β-unsaturated/α-hetero) is 3. The molecule has 0 amide bonds. The van der Waals surface area contributed by atoms with Crippen LogP contribution in [0.25, 0.3) is 0 Å². The largest absolute Gasteiger partial charge is 0.497 e. The molecular formula is C18H22O4. The summed E-state index contributed by atoms with van der Waals surface area (Å²) in [5.41, 5.74) is -1.00. The van der Waals surface area contributed by atoms with Gasteiger partial charge in [-0.3, -0.25) is 14.4 Å². The zero-order valence-corrected chi connectivity index (χ0v) is 13.6. The summed E-state index contributed by atoms with van der Waals surface area (Å²) in [6.07, 6.45) is 0.614. The number of rotatable bonds is 4. The first kappa shape index (κ1) is 16.4. The summed E-state index contributed by atoms with van der Waals surface area (Å²) in [7, 11) is 1.55. The summed E-state index contributed by atoms with van der Waals surface area (Å²) >= 11 is 0. The molecule has 0 bridgehead atoms. The predicted octanol–water partition coefficient (Wildman–Crippen LogP) is 3.23. The van der Waals surface area contributed by atoms with Crippen molar-refractivity contribution in [3.8, 4) is 5.75 Å². The molecule has 1 aromatic carbocycles. The van der Waals surface area contributed by atoms with Crippen molar-refractivity contribution < 1.29 is 19.1 Å². The molecule has 1 saturated carbocycles. The molecule has 4 heteroatoms. The Bertz CT molecular complexity index is 590.